The average molecular weight is 337 g/mol. The molecule has 22 heavy (non-hydrogen) atoms. The molecule has 124 valence electrons. The molecule has 0 saturated heterocycles. The average Bonchev–Trinajstić information content (AvgIpc) is 2.47. The van der Waals surface area contributed by atoms with Crippen molar-refractivity contribution in [1.82, 2.24) is 0 Å². The SMILES string of the molecule is O=C1C2CC3CC1CC(C(=O)OCC(F)(F)SOO[O-])(C3)C2. The van der Waals surface area contributed by atoms with Crippen LogP contribution in [0.5, 0.6) is 0 Å². The van der Waals surface area contributed by atoms with Crippen molar-refractivity contribution in [2.45, 2.75) is 37.4 Å². The van der Waals surface area contributed by atoms with Crippen LogP contribution in [0, 0.1) is 23.2 Å². The van der Waals surface area contributed by atoms with Gasteiger partial charge < -0.3 is 9.99 Å². The van der Waals surface area contributed by atoms with Gasteiger partial charge in [-0.2, -0.15) is 13.1 Å². The standard InChI is InChI=1S/C13H16F2O6S/c14-13(15,22-21-20-18)6-19-11(17)12-3-7-1-8(4-12)10(16)9(2-7)5-12/h7-9,18H,1-6H2/p-1. The van der Waals surface area contributed by atoms with Gasteiger partial charge in [0.05, 0.1) is 5.41 Å². The minimum atomic E-state index is -3.57. The van der Waals surface area contributed by atoms with E-state index >= 15 is 0 Å². The number of carbonyl (C=O) groups excluding carboxylic acids is 2. The summed E-state index contributed by atoms with van der Waals surface area (Å²) in [5, 5.41) is 8.84. The van der Waals surface area contributed by atoms with Gasteiger partial charge in [-0.15, -0.1) is 0 Å². The molecule has 0 aliphatic heterocycles. The number of ketones is 1. The quantitative estimate of drug-likeness (QED) is 0.313. The van der Waals surface area contributed by atoms with Crippen molar-refractivity contribution in [1.29, 1.82) is 0 Å². The van der Waals surface area contributed by atoms with Gasteiger partial charge >= 0.3 is 11.2 Å². The molecule has 0 N–H and O–H groups in total. The largest absolute Gasteiger partial charge is 0.691 e. The number of esters is 1. The highest BCUT2D eigenvalue weighted by atomic mass is 32.2. The van der Waals surface area contributed by atoms with Crippen LogP contribution in [0.4, 0.5) is 8.78 Å². The van der Waals surface area contributed by atoms with Crippen LogP contribution < -0.4 is 5.26 Å². The van der Waals surface area contributed by atoms with E-state index in [0.29, 0.717) is 25.2 Å². The van der Waals surface area contributed by atoms with Crippen molar-refractivity contribution >= 4 is 23.8 Å². The second-order valence-corrected chi connectivity index (χ2v) is 7.36. The fourth-order valence-corrected chi connectivity index (χ4v) is 4.62. The topological polar surface area (TPSA) is 84.9 Å². The predicted molar refractivity (Wildman–Crippen MR) is 66.7 cm³/mol. The maximum atomic E-state index is 13.3. The molecule has 6 nitrogen and oxygen atoms in total. The Kier molecular flexibility index (Phi) is 4.17. The van der Waals surface area contributed by atoms with Gasteiger partial charge in [-0.3, -0.25) is 14.6 Å². The lowest BCUT2D eigenvalue weighted by molar-refractivity contribution is -0.777. The second kappa shape index (κ2) is 5.70. The number of alkyl halides is 2. The van der Waals surface area contributed by atoms with Gasteiger partial charge in [0.1, 0.15) is 17.8 Å². The van der Waals surface area contributed by atoms with Crippen LogP contribution >= 0.6 is 12.0 Å². The van der Waals surface area contributed by atoms with E-state index in [-0.39, 0.29) is 17.6 Å². The number of hydrogen-bond acceptors (Lipinski definition) is 7. The first kappa shape index (κ1) is 16.1. The van der Waals surface area contributed by atoms with Crippen LogP contribution in [0.1, 0.15) is 32.1 Å². The van der Waals surface area contributed by atoms with Crippen LogP contribution in [-0.2, 0) is 23.7 Å². The minimum Gasteiger partial charge on any atom is -0.691 e. The Morgan fingerprint density at radius 3 is 2.55 bits per heavy atom. The van der Waals surface area contributed by atoms with E-state index in [1.54, 1.807) is 0 Å². The summed E-state index contributed by atoms with van der Waals surface area (Å²) >= 11 is -0.501. The van der Waals surface area contributed by atoms with E-state index in [0.717, 1.165) is 12.8 Å². The lowest BCUT2D eigenvalue weighted by Crippen LogP contribution is -2.55. The Balaban J connectivity index is 1.62. The lowest BCUT2D eigenvalue weighted by Gasteiger charge is -2.53. The molecule has 0 heterocycles. The van der Waals surface area contributed by atoms with Gasteiger partial charge in [-0.1, -0.05) is 0 Å². The zero-order chi connectivity index (χ0) is 16.0. The van der Waals surface area contributed by atoms with Gasteiger partial charge in [0.25, 0.3) is 0 Å². The molecule has 4 rings (SSSR count). The molecule has 9 heteroatoms. The lowest BCUT2D eigenvalue weighted by atomic mass is 9.49. The van der Waals surface area contributed by atoms with Gasteiger partial charge in [0.2, 0.25) is 0 Å². The van der Waals surface area contributed by atoms with Crippen LogP contribution in [0.25, 0.3) is 0 Å². The van der Waals surface area contributed by atoms with Crippen molar-refractivity contribution in [2.24, 2.45) is 23.2 Å². The number of carbonyl (C=O) groups is 2. The monoisotopic (exact) mass is 337 g/mol. The van der Waals surface area contributed by atoms with Crippen LogP contribution in [0.2, 0.25) is 0 Å². The Hall–Kier alpha value is -0.770. The van der Waals surface area contributed by atoms with E-state index in [2.05, 4.69) is 9.37 Å². The first-order valence-corrected chi connectivity index (χ1v) is 7.82. The fraction of sp³-hybridized carbons (Fsp3) is 0.846. The maximum absolute atomic E-state index is 13.3. The zero-order valence-corrected chi connectivity index (χ0v) is 12.4. The molecule has 0 spiro atoms. The molecule has 0 amide bonds. The first-order chi connectivity index (χ1) is 10.4. The number of ether oxygens (including phenoxy) is 1. The van der Waals surface area contributed by atoms with Crippen molar-refractivity contribution in [3.8, 4) is 0 Å². The van der Waals surface area contributed by atoms with Crippen LogP contribution in [0.3, 0.4) is 0 Å². The van der Waals surface area contributed by atoms with E-state index in [9.17, 15) is 23.6 Å². The van der Waals surface area contributed by atoms with Gasteiger partial charge in [-0.25, -0.2) is 0 Å². The summed E-state index contributed by atoms with van der Waals surface area (Å²) in [5.41, 5.74) is -0.805. The Labute approximate surface area is 129 Å². The number of rotatable bonds is 6. The molecule has 2 atom stereocenters. The third-order valence-corrected chi connectivity index (χ3v) is 5.47. The van der Waals surface area contributed by atoms with Crippen LogP contribution in [-0.4, -0.2) is 23.6 Å². The molecule has 4 aliphatic carbocycles. The normalized spacial score (nSPS) is 36.7. The number of Topliss-reactive ketones (excluding diaryl/α,β-unsaturated/α-hetero) is 1. The summed E-state index contributed by atoms with van der Waals surface area (Å²) in [5.74, 6) is -0.435. The van der Waals surface area contributed by atoms with Crippen molar-refractivity contribution in [3.05, 3.63) is 0 Å². The summed E-state index contributed by atoms with van der Waals surface area (Å²) in [6.07, 6.45) is 2.99. The minimum absolute atomic E-state index is 0.133. The number of hydrogen-bond donors (Lipinski definition) is 0. The van der Waals surface area contributed by atoms with E-state index < -0.39 is 35.3 Å². The van der Waals surface area contributed by atoms with Gasteiger partial charge in [-0.05, 0) is 38.0 Å². The highest BCUT2D eigenvalue weighted by molar-refractivity contribution is 7.95. The summed E-state index contributed by atoms with van der Waals surface area (Å²) in [6.45, 7) is -1.20. The van der Waals surface area contributed by atoms with Gasteiger partial charge in [0.15, 0.2) is 6.61 Å². The van der Waals surface area contributed by atoms with E-state index in [1.165, 1.54) is 0 Å². The molecule has 4 fully saturated rings. The molecular weight excluding hydrogens is 322 g/mol. The maximum Gasteiger partial charge on any atom is 0.354 e. The molecule has 2 unspecified atom stereocenters. The fourth-order valence-electron chi connectivity index (χ4n) is 4.39. The second-order valence-electron chi connectivity index (χ2n) is 6.46. The molecule has 4 aliphatic rings. The van der Waals surface area contributed by atoms with Crippen molar-refractivity contribution in [2.75, 3.05) is 6.61 Å². The summed E-state index contributed by atoms with van der Waals surface area (Å²) in [6, 6.07) is 0. The molecule has 0 aromatic rings. The first-order valence-electron chi connectivity index (χ1n) is 7.08. The molecule has 0 aromatic carbocycles. The van der Waals surface area contributed by atoms with Gasteiger partial charge in [0, 0.05) is 11.8 Å². The predicted octanol–water partition coefficient (Wildman–Crippen LogP) is 1.39. The highest BCUT2D eigenvalue weighted by Crippen LogP contribution is 2.59. The Bertz CT molecular complexity index is 467. The smallest absolute Gasteiger partial charge is 0.354 e. The molecule has 4 saturated carbocycles. The number of halogens is 2. The van der Waals surface area contributed by atoms with Crippen LogP contribution in [0.15, 0.2) is 0 Å². The summed E-state index contributed by atoms with van der Waals surface area (Å²) < 4.78 is 34.9. The van der Waals surface area contributed by atoms with Crippen molar-refractivity contribution < 1.29 is 37.7 Å². The summed E-state index contributed by atoms with van der Waals surface area (Å²) in [7, 11) is 0. The summed E-state index contributed by atoms with van der Waals surface area (Å²) in [4.78, 5) is 24.4. The van der Waals surface area contributed by atoms with E-state index in [1.807, 2.05) is 0 Å². The molecular formula is C13H15F2O6S-. The third-order valence-electron chi connectivity index (χ3n) is 4.98. The third kappa shape index (κ3) is 2.86. The highest BCUT2D eigenvalue weighted by Gasteiger charge is 2.59. The zero-order valence-electron chi connectivity index (χ0n) is 11.6. The van der Waals surface area contributed by atoms with Crippen molar-refractivity contribution in [3.63, 3.8) is 0 Å². The molecule has 4 bridgehead atoms. The Morgan fingerprint density at radius 2 is 1.95 bits per heavy atom. The van der Waals surface area contributed by atoms with E-state index in [4.69, 9.17) is 4.74 Å². The molecule has 0 aromatic heterocycles. The molecule has 0 radical (unpaired) electrons. The Morgan fingerprint density at radius 1 is 1.32 bits per heavy atom.